The molecule has 1 aromatic heterocycles. The van der Waals surface area contributed by atoms with Gasteiger partial charge >= 0.3 is 0 Å². The molecule has 0 bridgehead atoms. The van der Waals surface area contributed by atoms with Crippen LogP contribution < -0.4 is 4.90 Å². The third kappa shape index (κ3) is 2.97. The zero-order valence-electron chi connectivity index (χ0n) is 12.2. The highest BCUT2D eigenvalue weighted by atomic mass is 32.1. The summed E-state index contributed by atoms with van der Waals surface area (Å²) < 4.78 is 0. The number of hydrogen-bond donors (Lipinski definition) is 0. The molecule has 4 nitrogen and oxygen atoms in total. The van der Waals surface area contributed by atoms with Crippen molar-refractivity contribution in [2.75, 3.05) is 31.1 Å². The summed E-state index contributed by atoms with van der Waals surface area (Å²) >= 11 is 1.73. The lowest BCUT2D eigenvalue weighted by Gasteiger charge is -2.36. The van der Waals surface area contributed by atoms with Gasteiger partial charge in [0, 0.05) is 37.3 Å². The number of likely N-dealkylation sites (tertiary alicyclic amines) is 1. The van der Waals surface area contributed by atoms with Gasteiger partial charge in [-0.3, -0.25) is 4.79 Å². The Labute approximate surface area is 124 Å². The molecule has 2 aliphatic rings. The number of amides is 1. The Morgan fingerprint density at radius 2 is 2.05 bits per heavy atom. The molecule has 3 heterocycles. The first-order valence-corrected chi connectivity index (χ1v) is 8.52. The van der Waals surface area contributed by atoms with Crippen LogP contribution >= 0.6 is 11.3 Å². The van der Waals surface area contributed by atoms with Crippen molar-refractivity contribution in [3.8, 4) is 0 Å². The van der Waals surface area contributed by atoms with Gasteiger partial charge in [0.1, 0.15) is 0 Å². The Balaban J connectivity index is 1.63. The summed E-state index contributed by atoms with van der Waals surface area (Å²) in [5.74, 6) is 0.550. The maximum absolute atomic E-state index is 12.6. The van der Waals surface area contributed by atoms with E-state index in [9.17, 15) is 4.79 Å². The van der Waals surface area contributed by atoms with Crippen molar-refractivity contribution >= 4 is 22.4 Å². The molecule has 5 heteroatoms. The van der Waals surface area contributed by atoms with Crippen LogP contribution in [0.5, 0.6) is 0 Å². The summed E-state index contributed by atoms with van der Waals surface area (Å²) in [6.45, 7) is 5.90. The van der Waals surface area contributed by atoms with E-state index in [1.807, 2.05) is 6.20 Å². The molecule has 20 heavy (non-hydrogen) atoms. The summed E-state index contributed by atoms with van der Waals surface area (Å²) in [6, 6.07) is 0. The Morgan fingerprint density at radius 1 is 1.25 bits per heavy atom. The van der Waals surface area contributed by atoms with Crippen molar-refractivity contribution in [1.82, 2.24) is 9.88 Å². The minimum absolute atomic E-state index is 0.172. The van der Waals surface area contributed by atoms with E-state index < -0.39 is 0 Å². The van der Waals surface area contributed by atoms with Crippen LogP contribution in [0, 0.1) is 12.8 Å². The molecular weight excluding hydrogens is 270 g/mol. The van der Waals surface area contributed by atoms with Gasteiger partial charge in [-0.2, -0.15) is 0 Å². The summed E-state index contributed by atoms with van der Waals surface area (Å²) in [4.78, 5) is 22.7. The van der Waals surface area contributed by atoms with Crippen LogP contribution in [-0.2, 0) is 4.79 Å². The number of carbonyl (C=O) groups is 1. The minimum Gasteiger partial charge on any atom is -0.347 e. The fourth-order valence-corrected chi connectivity index (χ4v) is 4.01. The molecule has 1 atom stereocenters. The number of nitrogens with zero attached hydrogens (tertiary/aromatic N) is 3. The zero-order valence-corrected chi connectivity index (χ0v) is 13.0. The van der Waals surface area contributed by atoms with Crippen LogP contribution in [-0.4, -0.2) is 42.0 Å². The number of carbonyl (C=O) groups excluding carboxylic acids is 1. The van der Waals surface area contributed by atoms with Gasteiger partial charge < -0.3 is 9.80 Å². The van der Waals surface area contributed by atoms with E-state index >= 15 is 0 Å². The first kappa shape index (κ1) is 13.9. The van der Waals surface area contributed by atoms with Crippen LogP contribution in [0.1, 0.15) is 37.0 Å². The maximum atomic E-state index is 12.6. The summed E-state index contributed by atoms with van der Waals surface area (Å²) in [5.41, 5.74) is 0. The number of piperidine rings is 2. The third-order valence-corrected chi connectivity index (χ3v) is 5.29. The smallest absolute Gasteiger partial charge is 0.227 e. The van der Waals surface area contributed by atoms with E-state index in [1.165, 1.54) is 24.1 Å². The lowest BCUT2D eigenvalue weighted by Crippen LogP contribution is -2.46. The molecule has 2 aliphatic heterocycles. The zero-order chi connectivity index (χ0) is 13.9. The van der Waals surface area contributed by atoms with Gasteiger partial charge in [0.15, 0.2) is 5.13 Å². The quantitative estimate of drug-likeness (QED) is 0.841. The Morgan fingerprint density at radius 3 is 2.75 bits per heavy atom. The summed E-state index contributed by atoms with van der Waals surface area (Å²) in [7, 11) is 0. The molecular formula is C15H23N3OS. The molecule has 2 fully saturated rings. The van der Waals surface area contributed by atoms with Crippen molar-refractivity contribution < 1.29 is 4.79 Å². The molecule has 1 unspecified atom stereocenters. The molecule has 1 aromatic rings. The molecule has 2 saturated heterocycles. The molecule has 1 amide bonds. The largest absolute Gasteiger partial charge is 0.347 e. The Bertz CT molecular complexity index is 467. The predicted octanol–water partition coefficient (Wildman–Crippen LogP) is 2.68. The number of rotatable bonds is 2. The van der Waals surface area contributed by atoms with Gasteiger partial charge in [0.2, 0.25) is 5.91 Å². The predicted molar refractivity (Wildman–Crippen MR) is 82.2 cm³/mol. The first-order chi connectivity index (χ1) is 9.74. The molecule has 110 valence electrons. The minimum atomic E-state index is 0.172. The molecule has 0 saturated carbocycles. The molecule has 3 rings (SSSR count). The Kier molecular flexibility index (Phi) is 4.24. The van der Waals surface area contributed by atoms with Gasteiger partial charge in [0.25, 0.3) is 0 Å². The highest BCUT2D eigenvalue weighted by Crippen LogP contribution is 2.28. The van der Waals surface area contributed by atoms with E-state index in [-0.39, 0.29) is 5.92 Å². The third-order valence-electron chi connectivity index (χ3n) is 4.32. The SMILES string of the molecule is Cc1cnc(N2CCCC(C(=O)N3CCCCC3)C2)s1. The van der Waals surface area contributed by atoms with E-state index in [0.29, 0.717) is 5.91 Å². The monoisotopic (exact) mass is 293 g/mol. The van der Waals surface area contributed by atoms with E-state index in [1.54, 1.807) is 11.3 Å². The van der Waals surface area contributed by atoms with Crippen molar-refractivity contribution in [2.45, 2.75) is 39.0 Å². The van der Waals surface area contributed by atoms with Crippen LogP contribution in [0.15, 0.2) is 6.20 Å². The van der Waals surface area contributed by atoms with Crippen LogP contribution in [0.25, 0.3) is 0 Å². The number of hydrogen-bond acceptors (Lipinski definition) is 4. The lowest BCUT2D eigenvalue weighted by atomic mass is 9.96. The number of aryl methyl sites for hydroxylation is 1. The topological polar surface area (TPSA) is 36.4 Å². The number of aromatic nitrogens is 1. The van der Waals surface area contributed by atoms with Crippen molar-refractivity contribution in [2.24, 2.45) is 5.92 Å². The highest BCUT2D eigenvalue weighted by Gasteiger charge is 2.30. The normalized spacial score (nSPS) is 23.9. The summed E-state index contributed by atoms with van der Waals surface area (Å²) in [5, 5.41) is 1.08. The van der Waals surface area contributed by atoms with E-state index in [4.69, 9.17) is 0 Å². The van der Waals surface area contributed by atoms with E-state index in [2.05, 4.69) is 21.7 Å². The van der Waals surface area contributed by atoms with Crippen LogP contribution in [0.3, 0.4) is 0 Å². The van der Waals surface area contributed by atoms with Crippen molar-refractivity contribution in [3.63, 3.8) is 0 Å². The maximum Gasteiger partial charge on any atom is 0.227 e. The highest BCUT2D eigenvalue weighted by molar-refractivity contribution is 7.15. The van der Waals surface area contributed by atoms with Crippen LogP contribution in [0.2, 0.25) is 0 Å². The Hall–Kier alpha value is -1.10. The second-order valence-electron chi connectivity index (χ2n) is 5.92. The van der Waals surface area contributed by atoms with Gasteiger partial charge in [-0.05, 0) is 39.0 Å². The average Bonchev–Trinajstić information content (AvgIpc) is 2.94. The molecule has 0 N–H and O–H groups in total. The van der Waals surface area contributed by atoms with Gasteiger partial charge in [-0.1, -0.05) is 0 Å². The first-order valence-electron chi connectivity index (χ1n) is 7.70. The molecule has 0 aromatic carbocycles. The number of anilines is 1. The van der Waals surface area contributed by atoms with Crippen LogP contribution in [0.4, 0.5) is 5.13 Å². The lowest BCUT2D eigenvalue weighted by molar-refractivity contribution is -0.136. The van der Waals surface area contributed by atoms with E-state index in [0.717, 1.165) is 44.2 Å². The van der Waals surface area contributed by atoms with Gasteiger partial charge in [0.05, 0.1) is 5.92 Å². The van der Waals surface area contributed by atoms with Crippen molar-refractivity contribution in [3.05, 3.63) is 11.1 Å². The fourth-order valence-electron chi connectivity index (χ4n) is 3.21. The molecule has 0 spiro atoms. The second kappa shape index (κ2) is 6.12. The molecule has 0 radical (unpaired) electrons. The average molecular weight is 293 g/mol. The molecule has 0 aliphatic carbocycles. The van der Waals surface area contributed by atoms with Gasteiger partial charge in [-0.25, -0.2) is 4.98 Å². The number of thiazole rings is 1. The fraction of sp³-hybridized carbons (Fsp3) is 0.733. The standard InChI is InChI=1S/C15H23N3OS/c1-12-10-16-15(20-12)18-9-5-6-13(11-18)14(19)17-7-3-2-4-8-17/h10,13H,2-9,11H2,1H3. The van der Waals surface area contributed by atoms with Crippen molar-refractivity contribution in [1.29, 1.82) is 0 Å². The van der Waals surface area contributed by atoms with Gasteiger partial charge in [-0.15, -0.1) is 11.3 Å². The summed E-state index contributed by atoms with van der Waals surface area (Å²) in [6.07, 6.45) is 7.69. The second-order valence-corrected chi connectivity index (χ2v) is 7.14.